The second-order valence-electron chi connectivity index (χ2n) is 6.53. The number of aromatic nitrogens is 2. The molecule has 0 fully saturated rings. The molecule has 0 spiro atoms. The second-order valence-corrected chi connectivity index (χ2v) is 8.68. The molecule has 1 aromatic heterocycles. The number of sulfonamides is 1. The van der Waals surface area contributed by atoms with Crippen LogP contribution in [0.5, 0.6) is 0 Å². The van der Waals surface area contributed by atoms with Gasteiger partial charge in [-0.05, 0) is 42.5 Å². The lowest BCUT2D eigenvalue weighted by molar-refractivity contribution is 0.102. The molecule has 9 heteroatoms. The molecule has 29 heavy (non-hydrogen) atoms. The van der Waals surface area contributed by atoms with Crippen molar-refractivity contribution < 1.29 is 13.2 Å². The van der Waals surface area contributed by atoms with Gasteiger partial charge in [-0.25, -0.2) is 17.4 Å². The molecule has 0 saturated heterocycles. The number of hydrogen-bond donors (Lipinski definition) is 1. The number of benzene rings is 2. The van der Waals surface area contributed by atoms with E-state index >= 15 is 0 Å². The summed E-state index contributed by atoms with van der Waals surface area (Å²) in [7, 11) is 0.910. The molecule has 3 aromatic rings. The van der Waals surface area contributed by atoms with Gasteiger partial charge in [0.1, 0.15) is 0 Å². The van der Waals surface area contributed by atoms with Crippen molar-refractivity contribution in [2.45, 2.75) is 4.90 Å². The quantitative estimate of drug-likeness (QED) is 0.690. The van der Waals surface area contributed by atoms with Crippen LogP contribution in [0.2, 0.25) is 0 Å². The lowest BCUT2D eigenvalue weighted by Gasteiger charge is -2.12. The van der Waals surface area contributed by atoms with Crippen LogP contribution in [0.15, 0.2) is 70.4 Å². The zero-order chi connectivity index (χ0) is 21.2. The molecule has 0 radical (unpaired) electrons. The number of carbonyl (C=O) groups is 1. The van der Waals surface area contributed by atoms with Crippen LogP contribution >= 0.6 is 0 Å². The minimum Gasteiger partial charge on any atom is -0.322 e. The highest BCUT2D eigenvalue weighted by Gasteiger charge is 2.17. The molecule has 0 bridgehead atoms. The maximum Gasteiger partial charge on any atom is 0.266 e. The van der Waals surface area contributed by atoms with Crippen LogP contribution in [0.25, 0.3) is 11.3 Å². The number of anilines is 1. The van der Waals surface area contributed by atoms with E-state index in [-0.39, 0.29) is 16.4 Å². The summed E-state index contributed by atoms with van der Waals surface area (Å²) in [4.78, 5) is 24.1. The van der Waals surface area contributed by atoms with Gasteiger partial charge in [-0.3, -0.25) is 9.59 Å². The maximum absolute atomic E-state index is 12.5. The Hall–Kier alpha value is -3.30. The van der Waals surface area contributed by atoms with Gasteiger partial charge in [-0.1, -0.05) is 12.1 Å². The normalized spacial score (nSPS) is 11.4. The fourth-order valence-electron chi connectivity index (χ4n) is 2.60. The van der Waals surface area contributed by atoms with E-state index in [1.165, 1.54) is 49.1 Å². The van der Waals surface area contributed by atoms with Gasteiger partial charge in [0.05, 0.1) is 10.6 Å². The van der Waals surface area contributed by atoms with E-state index in [9.17, 15) is 18.0 Å². The summed E-state index contributed by atoms with van der Waals surface area (Å²) in [5.41, 5.74) is 2.01. The predicted octanol–water partition coefficient (Wildman–Crippen LogP) is 1.95. The van der Waals surface area contributed by atoms with Crippen LogP contribution < -0.4 is 10.9 Å². The van der Waals surface area contributed by atoms with E-state index in [0.29, 0.717) is 16.9 Å². The van der Waals surface area contributed by atoms with E-state index in [0.717, 1.165) is 9.87 Å². The Morgan fingerprint density at radius 2 is 1.72 bits per heavy atom. The number of carbonyl (C=O) groups excluding carboxylic acids is 1. The number of hydrogen-bond acceptors (Lipinski definition) is 5. The van der Waals surface area contributed by atoms with Crippen molar-refractivity contribution in [2.24, 2.45) is 7.05 Å². The first-order valence-corrected chi connectivity index (χ1v) is 10.1. The first-order valence-electron chi connectivity index (χ1n) is 8.67. The van der Waals surface area contributed by atoms with E-state index in [2.05, 4.69) is 10.4 Å². The van der Waals surface area contributed by atoms with Crippen LogP contribution in [0.1, 0.15) is 10.4 Å². The summed E-state index contributed by atoms with van der Waals surface area (Å²) in [6.07, 6.45) is 0. The summed E-state index contributed by atoms with van der Waals surface area (Å²) >= 11 is 0. The number of amides is 1. The Labute approximate surface area is 168 Å². The first-order chi connectivity index (χ1) is 13.7. The second kappa shape index (κ2) is 7.98. The molecule has 0 atom stereocenters. The van der Waals surface area contributed by atoms with E-state index in [4.69, 9.17) is 0 Å². The molecule has 150 valence electrons. The Kier molecular flexibility index (Phi) is 5.62. The van der Waals surface area contributed by atoms with E-state index < -0.39 is 10.0 Å². The first kappa shape index (κ1) is 20.4. The van der Waals surface area contributed by atoms with Gasteiger partial charge in [0.15, 0.2) is 0 Å². The molecule has 0 aliphatic carbocycles. The molecule has 1 heterocycles. The van der Waals surface area contributed by atoms with Crippen LogP contribution in [-0.4, -0.2) is 42.5 Å². The van der Waals surface area contributed by atoms with Crippen molar-refractivity contribution in [3.05, 3.63) is 76.6 Å². The zero-order valence-corrected chi connectivity index (χ0v) is 17.0. The molecule has 0 saturated carbocycles. The smallest absolute Gasteiger partial charge is 0.266 e. The Morgan fingerprint density at radius 3 is 2.34 bits per heavy atom. The average Bonchev–Trinajstić information content (AvgIpc) is 2.70. The van der Waals surface area contributed by atoms with Gasteiger partial charge in [0.2, 0.25) is 10.0 Å². The minimum atomic E-state index is -3.55. The Balaban J connectivity index is 1.81. The Morgan fingerprint density at radius 1 is 1.03 bits per heavy atom. The highest BCUT2D eigenvalue weighted by Crippen LogP contribution is 2.21. The van der Waals surface area contributed by atoms with Gasteiger partial charge in [-0.2, -0.15) is 5.10 Å². The molecule has 0 aliphatic rings. The summed E-state index contributed by atoms with van der Waals surface area (Å²) in [6, 6.07) is 15.8. The molecule has 0 unspecified atom stereocenters. The van der Waals surface area contributed by atoms with Crippen molar-refractivity contribution in [1.82, 2.24) is 14.1 Å². The number of nitrogens with zero attached hydrogens (tertiary/aromatic N) is 3. The van der Waals surface area contributed by atoms with Crippen LogP contribution in [0.3, 0.4) is 0 Å². The summed E-state index contributed by atoms with van der Waals surface area (Å²) in [6.45, 7) is 0. The summed E-state index contributed by atoms with van der Waals surface area (Å²) in [5.74, 6) is -0.371. The van der Waals surface area contributed by atoms with Crippen molar-refractivity contribution in [1.29, 1.82) is 0 Å². The van der Waals surface area contributed by atoms with Gasteiger partial charge in [-0.15, -0.1) is 0 Å². The predicted molar refractivity (Wildman–Crippen MR) is 110 cm³/mol. The van der Waals surface area contributed by atoms with Gasteiger partial charge < -0.3 is 5.32 Å². The third-order valence-electron chi connectivity index (χ3n) is 4.27. The Bertz CT molecular complexity index is 1220. The van der Waals surface area contributed by atoms with Crippen LogP contribution in [0.4, 0.5) is 5.69 Å². The van der Waals surface area contributed by atoms with Gasteiger partial charge in [0.25, 0.3) is 11.5 Å². The lowest BCUT2D eigenvalue weighted by atomic mass is 10.1. The summed E-state index contributed by atoms with van der Waals surface area (Å²) in [5, 5.41) is 6.98. The third kappa shape index (κ3) is 4.41. The molecular formula is C20H20N4O4S. The van der Waals surface area contributed by atoms with Gasteiger partial charge in [0, 0.05) is 44.0 Å². The van der Waals surface area contributed by atoms with Crippen molar-refractivity contribution in [3.8, 4) is 11.3 Å². The average molecular weight is 412 g/mol. The molecule has 0 aliphatic heterocycles. The molecule has 3 rings (SSSR count). The largest absolute Gasteiger partial charge is 0.322 e. The molecule has 8 nitrogen and oxygen atoms in total. The molecule has 2 aromatic carbocycles. The van der Waals surface area contributed by atoms with Gasteiger partial charge >= 0.3 is 0 Å². The fraction of sp³-hybridized carbons (Fsp3) is 0.150. The number of nitrogens with one attached hydrogen (secondary N) is 1. The number of rotatable bonds is 5. The maximum atomic E-state index is 12.5. The van der Waals surface area contributed by atoms with Crippen molar-refractivity contribution in [3.63, 3.8) is 0 Å². The minimum absolute atomic E-state index is 0.113. The van der Waals surface area contributed by atoms with Crippen molar-refractivity contribution in [2.75, 3.05) is 19.4 Å². The standard InChI is InChI=1S/C20H20N4O4S/c1-23(2)29(27,28)17-9-7-14(8-10-17)20(26)21-16-6-4-5-15(13-16)18-11-12-19(25)24(3)22-18/h4-13H,1-3H3,(H,21,26). The van der Waals surface area contributed by atoms with Crippen LogP contribution in [0, 0.1) is 0 Å². The molecular weight excluding hydrogens is 392 g/mol. The fourth-order valence-corrected chi connectivity index (χ4v) is 3.51. The number of aryl methyl sites for hydroxylation is 1. The SMILES string of the molecule is CN(C)S(=O)(=O)c1ccc(C(=O)Nc2cccc(-c3ccc(=O)n(C)n3)c2)cc1. The zero-order valence-electron chi connectivity index (χ0n) is 16.2. The highest BCUT2D eigenvalue weighted by molar-refractivity contribution is 7.89. The third-order valence-corrected chi connectivity index (χ3v) is 6.10. The monoisotopic (exact) mass is 412 g/mol. The molecule has 1 N–H and O–H groups in total. The topological polar surface area (TPSA) is 101 Å². The van der Waals surface area contributed by atoms with Crippen LogP contribution in [-0.2, 0) is 17.1 Å². The van der Waals surface area contributed by atoms with E-state index in [1.54, 1.807) is 31.3 Å². The summed E-state index contributed by atoms with van der Waals surface area (Å²) < 4.78 is 26.6. The lowest BCUT2D eigenvalue weighted by Crippen LogP contribution is -2.22. The molecule has 1 amide bonds. The van der Waals surface area contributed by atoms with E-state index in [1.807, 2.05) is 6.07 Å². The highest BCUT2D eigenvalue weighted by atomic mass is 32.2. The van der Waals surface area contributed by atoms with Crippen molar-refractivity contribution >= 4 is 21.6 Å².